The fourth-order valence-electron chi connectivity index (χ4n) is 2.92. The van der Waals surface area contributed by atoms with Crippen molar-refractivity contribution >= 4 is 27.4 Å². The Morgan fingerprint density at radius 3 is 2.96 bits per heavy atom. The highest BCUT2D eigenvalue weighted by Gasteiger charge is 2.34. The van der Waals surface area contributed by atoms with Crippen molar-refractivity contribution in [3.63, 3.8) is 0 Å². The van der Waals surface area contributed by atoms with Gasteiger partial charge in [-0.2, -0.15) is 0 Å². The molecule has 0 radical (unpaired) electrons. The summed E-state index contributed by atoms with van der Waals surface area (Å²) < 4.78 is 14.8. The van der Waals surface area contributed by atoms with Crippen LogP contribution in [0.2, 0.25) is 0 Å². The monoisotopic (exact) mass is 396 g/mol. The molecule has 24 heavy (non-hydrogen) atoms. The predicted molar refractivity (Wildman–Crippen MR) is 91.4 cm³/mol. The van der Waals surface area contributed by atoms with Crippen LogP contribution < -0.4 is 5.32 Å². The normalized spacial score (nSPS) is 17.7. The van der Waals surface area contributed by atoms with Gasteiger partial charge < -0.3 is 10.4 Å². The minimum atomic E-state index is -0.411. The van der Waals surface area contributed by atoms with E-state index in [0.29, 0.717) is 40.8 Å². The number of Topliss-reactive ketones (excluding diaryl/α,β-unsaturated/α-hetero) is 1. The third-order valence-electron chi connectivity index (χ3n) is 4.13. The Bertz CT molecular complexity index is 745. The van der Waals surface area contributed by atoms with Crippen LogP contribution >= 0.6 is 15.9 Å². The molecule has 1 aromatic carbocycles. The second kappa shape index (κ2) is 7.04. The minimum absolute atomic E-state index is 0.0257. The zero-order valence-corrected chi connectivity index (χ0v) is 14.8. The molecule has 0 aromatic heterocycles. The van der Waals surface area contributed by atoms with Crippen LogP contribution in [0, 0.1) is 5.82 Å². The zero-order chi connectivity index (χ0) is 17.3. The lowest BCUT2D eigenvalue weighted by Gasteiger charge is -2.28. The zero-order valence-electron chi connectivity index (χ0n) is 13.2. The molecule has 0 spiro atoms. The number of carbonyl (C=O) groups is 1. The van der Waals surface area contributed by atoms with Crippen LogP contribution in [0.4, 0.5) is 10.1 Å². The highest BCUT2D eigenvalue weighted by Crippen LogP contribution is 2.38. The third kappa shape index (κ3) is 3.24. The van der Waals surface area contributed by atoms with Gasteiger partial charge in [-0.05, 0) is 37.1 Å². The van der Waals surface area contributed by atoms with Gasteiger partial charge in [-0.3, -0.25) is 14.7 Å². The summed E-state index contributed by atoms with van der Waals surface area (Å²) in [6.07, 6.45) is 1.07. The highest BCUT2D eigenvalue weighted by atomic mass is 79.9. The number of nitrogens with zero attached hydrogens (tertiary/aromatic N) is 1. The van der Waals surface area contributed by atoms with E-state index < -0.39 is 5.82 Å². The first-order valence-corrected chi connectivity index (χ1v) is 8.50. The van der Waals surface area contributed by atoms with E-state index in [4.69, 9.17) is 9.94 Å². The maximum absolute atomic E-state index is 14.2. The van der Waals surface area contributed by atoms with Gasteiger partial charge in [0, 0.05) is 23.0 Å². The summed E-state index contributed by atoms with van der Waals surface area (Å²) in [6.45, 7) is 2.42. The lowest BCUT2D eigenvalue weighted by atomic mass is 9.93. The minimum Gasteiger partial charge on any atom is -0.394 e. The molecule has 2 aliphatic rings. The van der Waals surface area contributed by atoms with E-state index in [1.807, 2.05) is 0 Å². The summed E-state index contributed by atoms with van der Waals surface area (Å²) in [4.78, 5) is 17.8. The summed E-state index contributed by atoms with van der Waals surface area (Å²) >= 11 is 3.23. The largest absolute Gasteiger partial charge is 0.394 e. The Morgan fingerprint density at radius 2 is 2.25 bits per heavy atom. The Morgan fingerprint density at radius 1 is 1.46 bits per heavy atom. The van der Waals surface area contributed by atoms with Gasteiger partial charge in [-0.25, -0.2) is 4.39 Å². The summed E-state index contributed by atoms with van der Waals surface area (Å²) in [5.74, 6) is -0.386. The molecule has 1 heterocycles. The quantitative estimate of drug-likeness (QED) is 0.800. The number of halogens is 2. The molecule has 3 rings (SSSR count). The van der Waals surface area contributed by atoms with Gasteiger partial charge in [0.1, 0.15) is 5.82 Å². The smallest absolute Gasteiger partial charge is 0.164 e. The predicted octanol–water partition coefficient (Wildman–Crippen LogP) is 3.13. The first-order chi connectivity index (χ1) is 11.5. The number of ketones is 1. The van der Waals surface area contributed by atoms with Crippen LogP contribution in [0.15, 0.2) is 45.2 Å². The number of nitrogens with one attached hydrogen (secondary N) is 1. The van der Waals surface area contributed by atoms with Crippen molar-refractivity contribution in [2.75, 3.05) is 25.1 Å². The van der Waals surface area contributed by atoms with Crippen molar-refractivity contribution in [3.05, 3.63) is 51.0 Å². The van der Waals surface area contributed by atoms with Crippen LogP contribution in [0.5, 0.6) is 0 Å². The third-order valence-corrected chi connectivity index (χ3v) is 4.63. The molecule has 1 aromatic rings. The van der Waals surface area contributed by atoms with Gasteiger partial charge in [-0.1, -0.05) is 15.9 Å². The molecule has 0 saturated heterocycles. The molecular formula is C17H18BrFN2O3. The molecule has 0 atom stereocenters. The van der Waals surface area contributed by atoms with Crippen molar-refractivity contribution in [2.45, 2.75) is 19.8 Å². The molecule has 2 N–H and O–H groups in total. The lowest BCUT2D eigenvalue weighted by Crippen LogP contribution is -2.28. The number of allylic oxidation sites excluding steroid dienone is 1. The van der Waals surface area contributed by atoms with E-state index in [2.05, 4.69) is 21.2 Å². The van der Waals surface area contributed by atoms with Crippen molar-refractivity contribution in [2.24, 2.45) is 0 Å². The van der Waals surface area contributed by atoms with E-state index in [9.17, 15) is 9.18 Å². The van der Waals surface area contributed by atoms with E-state index in [0.717, 1.165) is 11.3 Å². The molecule has 1 aliphatic carbocycles. The lowest BCUT2D eigenvalue weighted by molar-refractivity contribution is -0.131. The Kier molecular flexibility index (Phi) is 5.03. The van der Waals surface area contributed by atoms with Crippen LogP contribution in [0.3, 0.4) is 0 Å². The van der Waals surface area contributed by atoms with Gasteiger partial charge in [0.05, 0.1) is 30.3 Å². The maximum atomic E-state index is 14.2. The molecule has 0 amide bonds. The van der Waals surface area contributed by atoms with E-state index >= 15 is 0 Å². The fraction of sp³-hybridized carbons (Fsp3) is 0.353. The molecule has 0 saturated carbocycles. The van der Waals surface area contributed by atoms with Gasteiger partial charge in [0.15, 0.2) is 5.78 Å². The first kappa shape index (κ1) is 17.1. The maximum Gasteiger partial charge on any atom is 0.164 e. The van der Waals surface area contributed by atoms with Crippen molar-refractivity contribution in [1.82, 2.24) is 5.06 Å². The molecular weight excluding hydrogens is 379 g/mol. The van der Waals surface area contributed by atoms with Gasteiger partial charge >= 0.3 is 0 Å². The molecule has 0 unspecified atom stereocenters. The standard InChI is InChI=1S/C17H18BrFN2O3/c1-10-15(23)8-11-4-5-21(24-7-6-22)17(11)16(10)20-14-3-2-12(18)9-13(14)19/h2-3,9,20,22H,4-8H2,1H3. The average Bonchev–Trinajstić information content (AvgIpc) is 2.94. The second-order valence-corrected chi connectivity index (χ2v) is 6.63. The molecule has 1 aliphatic heterocycles. The number of hydroxylamine groups is 2. The Labute approximate surface area is 147 Å². The average molecular weight is 397 g/mol. The van der Waals surface area contributed by atoms with Crippen molar-refractivity contribution in [3.8, 4) is 0 Å². The van der Waals surface area contributed by atoms with Crippen LogP contribution in [-0.2, 0) is 9.63 Å². The summed E-state index contributed by atoms with van der Waals surface area (Å²) in [5.41, 5.74) is 3.17. The number of hydrogen-bond acceptors (Lipinski definition) is 5. The van der Waals surface area contributed by atoms with Crippen LogP contribution in [0.25, 0.3) is 0 Å². The molecule has 0 fully saturated rings. The second-order valence-electron chi connectivity index (χ2n) is 5.71. The van der Waals surface area contributed by atoms with Gasteiger partial charge in [-0.15, -0.1) is 0 Å². The Hall–Kier alpha value is -1.70. The van der Waals surface area contributed by atoms with Crippen molar-refractivity contribution in [1.29, 1.82) is 0 Å². The number of aliphatic hydroxyl groups is 1. The highest BCUT2D eigenvalue weighted by molar-refractivity contribution is 9.10. The SMILES string of the molecule is CC1=C(Nc2ccc(Br)cc2F)C2=C(CCN2OCCO)CC1=O. The molecule has 5 nitrogen and oxygen atoms in total. The number of carbonyl (C=O) groups excluding carboxylic acids is 1. The number of rotatable bonds is 5. The summed E-state index contributed by atoms with van der Waals surface area (Å²) in [5, 5.41) is 13.7. The summed E-state index contributed by atoms with van der Waals surface area (Å²) in [6, 6.07) is 4.72. The fourth-order valence-corrected chi connectivity index (χ4v) is 3.25. The molecule has 0 bridgehead atoms. The van der Waals surface area contributed by atoms with Crippen LogP contribution in [0.1, 0.15) is 19.8 Å². The number of anilines is 1. The molecule has 7 heteroatoms. The van der Waals surface area contributed by atoms with Gasteiger partial charge in [0.25, 0.3) is 0 Å². The van der Waals surface area contributed by atoms with Gasteiger partial charge in [0.2, 0.25) is 0 Å². The van der Waals surface area contributed by atoms with Crippen molar-refractivity contribution < 1.29 is 19.1 Å². The number of benzene rings is 1. The first-order valence-electron chi connectivity index (χ1n) is 7.71. The van der Waals surface area contributed by atoms with E-state index in [-0.39, 0.29) is 19.0 Å². The Balaban J connectivity index is 1.95. The number of aliphatic hydroxyl groups excluding tert-OH is 1. The topological polar surface area (TPSA) is 61.8 Å². The molecule has 128 valence electrons. The van der Waals surface area contributed by atoms with E-state index in [1.165, 1.54) is 6.07 Å². The van der Waals surface area contributed by atoms with E-state index in [1.54, 1.807) is 24.1 Å². The van der Waals surface area contributed by atoms with Crippen LogP contribution in [-0.4, -0.2) is 35.7 Å². The summed E-state index contributed by atoms with van der Waals surface area (Å²) in [7, 11) is 0. The number of hydrogen-bond donors (Lipinski definition) is 2.